The van der Waals surface area contributed by atoms with Crippen molar-refractivity contribution in [2.24, 2.45) is 0 Å². The summed E-state index contributed by atoms with van der Waals surface area (Å²) in [4.78, 5) is 26.7. The normalized spacial score (nSPS) is 14.6. The molecule has 0 spiro atoms. The van der Waals surface area contributed by atoms with Crippen LogP contribution in [-0.4, -0.2) is 36.3 Å². The number of nitrogens with one attached hydrogen (secondary N) is 2. The Balaban J connectivity index is 1.46. The van der Waals surface area contributed by atoms with Gasteiger partial charge in [-0.3, -0.25) is 14.5 Å². The van der Waals surface area contributed by atoms with Gasteiger partial charge in [-0.1, -0.05) is 49.6 Å². The molecule has 1 aliphatic rings. The third-order valence-corrected chi connectivity index (χ3v) is 5.32. The van der Waals surface area contributed by atoms with E-state index < -0.39 is 0 Å². The van der Waals surface area contributed by atoms with Gasteiger partial charge >= 0.3 is 0 Å². The van der Waals surface area contributed by atoms with Gasteiger partial charge < -0.3 is 10.6 Å². The predicted molar refractivity (Wildman–Crippen MR) is 112 cm³/mol. The number of hydrogen-bond donors (Lipinski definition) is 2. The van der Waals surface area contributed by atoms with E-state index in [2.05, 4.69) is 15.5 Å². The number of anilines is 1. The summed E-state index contributed by atoms with van der Waals surface area (Å²) in [6.07, 6.45) is 6.17. The van der Waals surface area contributed by atoms with Crippen LogP contribution in [0.1, 0.15) is 48.0 Å². The fraction of sp³-hybridized carbons (Fsp3) is 0.391. The Bertz CT molecular complexity index is 768. The van der Waals surface area contributed by atoms with Crippen molar-refractivity contribution in [3.63, 3.8) is 0 Å². The van der Waals surface area contributed by atoms with Crippen LogP contribution in [0, 0.1) is 0 Å². The molecule has 0 heterocycles. The van der Waals surface area contributed by atoms with Gasteiger partial charge in [0, 0.05) is 23.8 Å². The van der Waals surface area contributed by atoms with Gasteiger partial charge in [-0.25, -0.2) is 0 Å². The van der Waals surface area contributed by atoms with Crippen molar-refractivity contribution in [2.75, 3.05) is 18.9 Å². The van der Waals surface area contributed by atoms with E-state index in [1.54, 1.807) is 24.3 Å². The molecule has 5 nitrogen and oxygen atoms in total. The van der Waals surface area contributed by atoms with Crippen molar-refractivity contribution in [3.05, 3.63) is 65.7 Å². The van der Waals surface area contributed by atoms with Gasteiger partial charge in [0.1, 0.15) is 0 Å². The minimum Gasteiger partial charge on any atom is -0.348 e. The molecule has 28 heavy (non-hydrogen) atoms. The molecule has 2 amide bonds. The van der Waals surface area contributed by atoms with Crippen LogP contribution in [0.2, 0.25) is 0 Å². The average molecular weight is 380 g/mol. The highest BCUT2D eigenvalue weighted by Crippen LogP contribution is 2.21. The molecule has 0 bridgehead atoms. The van der Waals surface area contributed by atoms with E-state index in [9.17, 15) is 9.59 Å². The molecule has 0 aromatic heterocycles. The second kappa shape index (κ2) is 10.0. The van der Waals surface area contributed by atoms with E-state index in [0.717, 1.165) is 5.56 Å². The van der Waals surface area contributed by atoms with E-state index in [4.69, 9.17) is 0 Å². The molecule has 5 heteroatoms. The second-order valence-corrected chi connectivity index (χ2v) is 7.50. The molecule has 148 valence electrons. The lowest BCUT2D eigenvalue weighted by Crippen LogP contribution is -2.39. The Morgan fingerprint density at radius 3 is 2.32 bits per heavy atom. The first-order valence-corrected chi connectivity index (χ1v) is 10.0. The minimum atomic E-state index is -0.126. The molecular formula is C23H29N3O2. The van der Waals surface area contributed by atoms with Crippen molar-refractivity contribution in [1.82, 2.24) is 10.2 Å². The maximum absolute atomic E-state index is 12.3. The number of carbonyl (C=O) groups is 2. The molecule has 2 aromatic rings. The molecule has 0 saturated heterocycles. The van der Waals surface area contributed by atoms with Crippen LogP contribution in [0.15, 0.2) is 54.6 Å². The van der Waals surface area contributed by atoms with Gasteiger partial charge in [0.25, 0.3) is 5.91 Å². The Labute approximate surface area is 167 Å². The number of carbonyl (C=O) groups excluding carboxylic acids is 2. The summed E-state index contributed by atoms with van der Waals surface area (Å²) in [7, 11) is 2.02. The monoisotopic (exact) mass is 379 g/mol. The molecule has 0 radical (unpaired) electrons. The summed E-state index contributed by atoms with van der Waals surface area (Å²) in [5, 5.41) is 5.83. The highest BCUT2D eigenvalue weighted by atomic mass is 16.2. The lowest BCUT2D eigenvalue weighted by Gasteiger charge is -2.30. The Hall–Kier alpha value is -2.66. The van der Waals surface area contributed by atoms with Crippen LogP contribution in [0.3, 0.4) is 0 Å². The van der Waals surface area contributed by atoms with Crippen LogP contribution < -0.4 is 10.6 Å². The molecule has 0 aliphatic heterocycles. The molecule has 2 aromatic carbocycles. The maximum Gasteiger partial charge on any atom is 0.251 e. The Morgan fingerprint density at radius 1 is 0.964 bits per heavy atom. The number of likely N-dealkylation sites (N-methyl/N-ethyl adjacent to an activating group) is 1. The first-order valence-electron chi connectivity index (χ1n) is 10.0. The van der Waals surface area contributed by atoms with Gasteiger partial charge in [0.15, 0.2) is 0 Å². The largest absolute Gasteiger partial charge is 0.348 e. The van der Waals surface area contributed by atoms with E-state index in [1.165, 1.54) is 32.1 Å². The van der Waals surface area contributed by atoms with Gasteiger partial charge in [0.05, 0.1) is 6.54 Å². The number of amides is 2. The summed E-state index contributed by atoms with van der Waals surface area (Å²) in [5.41, 5.74) is 2.34. The van der Waals surface area contributed by atoms with E-state index in [0.29, 0.717) is 30.4 Å². The molecule has 3 rings (SSSR count). The van der Waals surface area contributed by atoms with Crippen LogP contribution in [-0.2, 0) is 11.3 Å². The highest BCUT2D eigenvalue weighted by molar-refractivity contribution is 5.96. The molecular weight excluding hydrogens is 350 g/mol. The van der Waals surface area contributed by atoms with Crippen LogP contribution in [0.25, 0.3) is 0 Å². The average Bonchev–Trinajstić information content (AvgIpc) is 2.74. The summed E-state index contributed by atoms with van der Waals surface area (Å²) in [6.45, 7) is 0.885. The first-order chi connectivity index (χ1) is 13.6. The van der Waals surface area contributed by atoms with Crippen molar-refractivity contribution in [3.8, 4) is 0 Å². The van der Waals surface area contributed by atoms with E-state index in [1.807, 2.05) is 37.4 Å². The summed E-state index contributed by atoms with van der Waals surface area (Å²) >= 11 is 0. The molecule has 1 aliphatic carbocycles. The topological polar surface area (TPSA) is 61.4 Å². The zero-order valence-electron chi connectivity index (χ0n) is 16.5. The minimum absolute atomic E-state index is 0.0191. The SMILES string of the molecule is CN(CC(=O)Nc1ccc(C(=O)NCc2ccccc2)cc1)C1CCCCC1. The number of nitrogens with zero attached hydrogens (tertiary/aromatic N) is 1. The number of hydrogen-bond acceptors (Lipinski definition) is 3. The number of rotatable bonds is 7. The predicted octanol–water partition coefficient (Wildman–Crippen LogP) is 3.82. The third-order valence-electron chi connectivity index (χ3n) is 5.32. The van der Waals surface area contributed by atoms with Gasteiger partial charge in [-0.15, -0.1) is 0 Å². The van der Waals surface area contributed by atoms with E-state index >= 15 is 0 Å². The van der Waals surface area contributed by atoms with Crippen LogP contribution in [0.5, 0.6) is 0 Å². The standard InChI is InChI=1S/C23H29N3O2/c1-26(21-10-6-3-7-11-21)17-22(27)25-20-14-12-19(13-15-20)23(28)24-16-18-8-4-2-5-9-18/h2,4-5,8-9,12-15,21H,3,6-7,10-11,16-17H2,1H3,(H,24,28)(H,25,27). The fourth-order valence-corrected chi connectivity index (χ4v) is 3.66. The Morgan fingerprint density at radius 2 is 1.64 bits per heavy atom. The maximum atomic E-state index is 12.3. The van der Waals surface area contributed by atoms with E-state index in [-0.39, 0.29) is 11.8 Å². The van der Waals surface area contributed by atoms with Crippen LogP contribution in [0.4, 0.5) is 5.69 Å². The highest BCUT2D eigenvalue weighted by Gasteiger charge is 2.19. The number of benzene rings is 2. The van der Waals surface area contributed by atoms with Gasteiger partial charge in [-0.05, 0) is 49.7 Å². The molecule has 1 saturated carbocycles. The molecule has 1 fully saturated rings. The first kappa shape index (κ1) is 20.1. The summed E-state index contributed by atoms with van der Waals surface area (Å²) in [5.74, 6) is -0.145. The zero-order chi connectivity index (χ0) is 19.8. The lowest BCUT2D eigenvalue weighted by atomic mass is 9.94. The third kappa shape index (κ3) is 5.92. The Kier molecular flexibility index (Phi) is 7.20. The molecule has 0 atom stereocenters. The smallest absolute Gasteiger partial charge is 0.251 e. The van der Waals surface area contributed by atoms with Gasteiger partial charge in [0.2, 0.25) is 5.91 Å². The second-order valence-electron chi connectivity index (χ2n) is 7.50. The van der Waals surface area contributed by atoms with Gasteiger partial charge in [-0.2, -0.15) is 0 Å². The summed E-state index contributed by atoms with van der Waals surface area (Å²) in [6, 6.07) is 17.3. The lowest BCUT2D eigenvalue weighted by molar-refractivity contribution is -0.117. The van der Waals surface area contributed by atoms with Crippen LogP contribution >= 0.6 is 0 Å². The van der Waals surface area contributed by atoms with Crippen molar-refractivity contribution in [1.29, 1.82) is 0 Å². The van der Waals surface area contributed by atoms with Crippen molar-refractivity contribution >= 4 is 17.5 Å². The molecule has 2 N–H and O–H groups in total. The van der Waals surface area contributed by atoms with Crippen molar-refractivity contribution < 1.29 is 9.59 Å². The quantitative estimate of drug-likeness (QED) is 0.769. The summed E-state index contributed by atoms with van der Waals surface area (Å²) < 4.78 is 0. The van der Waals surface area contributed by atoms with Crippen molar-refractivity contribution in [2.45, 2.75) is 44.7 Å². The fourth-order valence-electron chi connectivity index (χ4n) is 3.66. The molecule has 0 unspecified atom stereocenters. The zero-order valence-corrected chi connectivity index (χ0v) is 16.5.